The molecule has 3 rings (SSSR count). The summed E-state index contributed by atoms with van der Waals surface area (Å²) in [5.41, 5.74) is 0.515. The fourth-order valence-electron chi connectivity index (χ4n) is 2.35. The lowest BCUT2D eigenvalue weighted by Crippen LogP contribution is -2.11. The van der Waals surface area contributed by atoms with Gasteiger partial charge in [-0.15, -0.1) is 0 Å². The Hall–Kier alpha value is -2.83. The number of alkyl halides is 3. The minimum atomic E-state index is -5.11. The van der Waals surface area contributed by atoms with Gasteiger partial charge in [0.15, 0.2) is 5.82 Å². The van der Waals surface area contributed by atoms with Gasteiger partial charge in [0, 0.05) is 23.5 Å². The zero-order valence-corrected chi connectivity index (χ0v) is 12.9. The number of nitrogens with zero attached hydrogens (tertiary/aromatic N) is 2. The van der Waals surface area contributed by atoms with Gasteiger partial charge in [-0.25, -0.2) is 18.7 Å². The molecule has 0 aliphatic heterocycles. The van der Waals surface area contributed by atoms with Gasteiger partial charge in [0.2, 0.25) is 0 Å². The summed E-state index contributed by atoms with van der Waals surface area (Å²) in [6.07, 6.45) is -2.22. The van der Waals surface area contributed by atoms with Crippen molar-refractivity contribution in [2.75, 3.05) is 0 Å². The van der Waals surface area contributed by atoms with Crippen LogP contribution in [-0.2, 0) is 6.18 Å². The SMILES string of the molecule is Cc1ccc(-c2cnc(-c3cc(F)c(C(F)(F)F)c(F)c3)nc2)cc1. The molecular formula is C18H11F5N2. The van der Waals surface area contributed by atoms with Crippen LogP contribution in [0.25, 0.3) is 22.5 Å². The predicted molar refractivity (Wildman–Crippen MR) is 82.6 cm³/mol. The second kappa shape index (κ2) is 6.23. The molecule has 0 saturated heterocycles. The van der Waals surface area contributed by atoms with Gasteiger partial charge < -0.3 is 0 Å². The summed E-state index contributed by atoms with van der Waals surface area (Å²) < 4.78 is 65.1. The van der Waals surface area contributed by atoms with Crippen LogP contribution in [0.1, 0.15) is 11.1 Å². The lowest BCUT2D eigenvalue weighted by molar-refractivity contribution is -0.142. The summed E-state index contributed by atoms with van der Waals surface area (Å²) in [5.74, 6) is -3.47. The highest BCUT2D eigenvalue weighted by molar-refractivity contribution is 5.64. The van der Waals surface area contributed by atoms with Crippen molar-refractivity contribution in [2.45, 2.75) is 13.1 Å². The molecule has 3 aromatic rings. The Balaban J connectivity index is 1.96. The summed E-state index contributed by atoms with van der Waals surface area (Å²) >= 11 is 0. The number of aryl methyl sites for hydroxylation is 1. The van der Waals surface area contributed by atoms with Crippen LogP contribution in [0.4, 0.5) is 22.0 Å². The van der Waals surface area contributed by atoms with E-state index in [1.54, 1.807) is 0 Å². The summed E-state index contributed by atoms with van der Waals surface area (Å²) in [5, 5.41) is 0. The minimum Gasteiger partial charge on any atom is -0.236 e. The number of hydrogen-bond donors (Lipinski definition) is 0. The highest BCUT2D eigenvalue weighted by atomic mass is 19.4. The van der Waals surface area contributed by atoms with Gasteiger partial charge >= 0.3 is 6.18 Å². The van der Waals surface area contributed by atoms with Gasteiger partial charge in [-0.2, -0.15) is 13.2 Å². The van der Waals surface area contributed by atoms with E-state index in [9.17, 15) is 22.0 Å². The molecule has 7 heteroatoms. The number of halogens is 5. The van der Waals surface area contributed by atoms with Crippen molar-refractivity contribution in [3.05, 3.63) is 71.6 Å². The lowest BCUT2D eigenvalue weighted by atomic mass is 10.1. The third-order valence-corrected chi connectivity index (χ3v) is 3.62. The van der Waals surface area contributed by atoms with Gasteiger partial charge in [0.05, 0.1) is 0 Å². The van der Waals surface area contributed by atoms with Gasteiger partial charge in [-0.05, 0) is 24.6 Å². The molecular weight excluding hydrogens is 339 g/mol. The van der Waals surface area contributed by atoms with Crippen LogP contribution in [0.5, 0.6) is 0 Å². The molecule has 0 fully saturated rings. The van der Waals surface area contributed by atoms with E-state index in [0.717, 1.165) is 11.1 Å². The molecule has 0 N–H and O–H groups in total. The Morgan fingerprint density at radius 3 is 1.76 bits per heavy atom. The molecule has 25 heavy (non-hydrogen) atoms. The van der Waals surface area contributed by atoms with Gasteiger partial charge in [0.25, 0.3) is 0 Å². The molecule has 0 radical (unpaired) electrons. The maximum absolute atomic E-state index is 13.7. The summed E-state index contributed by atoms with van der Waals surface area (Å²) in [6.45, 7) is 1.94. The number of benzene rings is 2. The van der Waals surface area contributed by atoms with E-state index in [1.807, 2.05) is 31.2 Å². The largest absolute Gasteiger partial charge is 0.422 e. The Labute approximate surface area is 140 Å². The van der Waals surface area contributed by atoms with Crippen LogP contribution in [0.3, 0.4) is 0 Å². The zero-order chi connectivity index (χ0) is 18.2. The van der Waals surface area contributed by atoms with E-state index in [2.05, 4.69) is 9.97 Å². The molecule has 0 amide bonds. The molecule has 0 saturated carbocycles. The first kappa shape index (κ1) is 17.0. The zero-order valence-electron chi connectivity index (χ0n) is 12.9. The smallest absolute Gasteiger partial charge is 0.236 e. The Kier molecular flexibility index (Phi) is 4.24. The number of hydrogen-bond acceptors (Lipinski definition) is 2. The molecule has 0 unspecified atom stereocenters. The average molecular weight is 350 g/mol. The van der Waals surface area contributed by atoms with Gasteiger partial charge in [-0.3, -0.25) is 0 Å². The molecule has 1 aromatic heterocycles. The fraction of sp³-hybridized carbons (Fsp3) is 0.111. The van der Waals surface area contributed by atoms with Crippen LogP contribution in [-0.4, -0.2) is 9.97 Å². The van der Waals surface area contributed by atoms with E-state index >= 15 is 0 Å². The van der Waals surface area contributed by atoms with Crippen molar-refractivity contribution in [2.24, 2.45) is 0 Å². The maximum Gasteiger partial charge on any atom is 0.422 e. The van der Waals surface area contributed by atoms with Crippen molar-refractivity contribution in [3.8, 4) is 22.5 Å². The Morgan fingerprint density at radius 2 is 1.28 bits per heavy atom. The normalized spacial score (nSPS) is 11.6. The first-order valence-corrected chi connectivity index (χ1v) is 7.21. The minimum absolute atomic E-state index is 0.0672. The third kappa shape index (κ3) is 3.50. The van der Waals surface area contributed by atoms with E-state index in [0.29, 0.717) is 17.7 Å². The van der Waals surface area contributed by atoms with Crippen LogP contribution < -0.4 is 0 Å². The Morgan fingerprint density at radius 1 is 0.760 bits per heavy atom. The summed E-state index contributed by atoms with van der Waals surface area (Å²) in [6, 6.07) is 8.70. The molecule has 0 aliphatic rings. The van der Waals surface area contributed by atoms with Crippen molar-refractivity contribution in [1.29, 1.82) is 0 Å². The van der Waals surface area contributed by atoms with E-state index in [-0.39, 0.29) is 11.4 Å². The first-order valence-electron chi connectivity index (χ1n) is 7.21. The van der Waals surface area contributed by atoms with Gasteiger partial charge in [-0.1, -0.05) is 29.8 Å². The van der Waals surface area contributed by atoms with Crippen LogP contribution in [0, 0.1) is 18.6 Å². The van der Waals surface area contributed by atoms with Crippen molar-refractivity contribution < 1.29 is 22.0 Å². The summed E-state index contributed by atoms with van der Waals surface area (Å²) in [7, 11) is 0. The van der Waals surface area contributed by atoms with Crippen LogP contribution in [0.2, 0.25) is 0 Å². The number of rotatable bonds is 2. The molecule has 2 aromatic carbocycles. The molecule has 1 heterocycles. The first-order chi connectivity index (χ1) is 11.8. The standard InChI is InChI=1S/C18H11F5N2/c1-10-2-4-11(5-3-10)13-8-24-17(25-9-13)12-6-14(19)16(15(20)7-12)18(21,22)23/h2-9H,1H3. The molecule has 0 atom stereocenters. The van der Waals surface area contributed by atoms with Crippen LogP contribution in [0.15, 0.2) is 48.8 Å². The topological polar surface area (TPSA) is 25.8 Å². The molecule has 2 nitrogen and oxygen atoms in total. The predicted octanol–water partition coefficient (Wildman–Crippen LogP) is 5.42. The number of aromatic nitrogens is 2. The van der Waals surface area contributed by atoms with Gasteiger partial charge in [0.1, 0.15) is 17.2 Å². The monoisotopic (exact) mass is 350 g/mol. The summed E-state index contributed by atoms with van der Waals surface area (Å²) in [4.78, 5) is 7.99. The maximum atomic E-state index is 13.7. The second-order valence-corrected chi connectivity index (χ2v) is 5.47. The molecule has 0 aliphatic carbocycles. The highest BCUT2D eigenvalue weighted by Gasteiger charge is 2.38. The third-order valence-electron chi connectivity index (χ3n) is 3.62. The van der Waals surface area contributed by atoms with Crippen molar-refractivity contribution in [3.63, 3.8) is 0 Å². The second-order valence-electron chi connectivity index (χ2n) is 5.47. The average Bonchev–Trinajstić information content (AvgIpc) is 2.54. The van der Waals surface area contributed by atoms with E-state index < -0.39 is 23.4 Å². The highest BCUT2D eigenvalue weighted by Crippen LogP contribution is 2.35. The lowest BCUT2D eigenvalue weighted by Gasteiger charge is -2.10. The Bertz CT molecular complexity index is 877. The van der Waals surface area contributed by atoms with E-state index in [1.165, 1.54) is 12.4 Å². The molecule has 0 spiro atoms. The molecule has 128 valence electrons. The van der Waals surface area contributed by atoms with Crippen molar-refractivity contribution >= 4 is 0 Å². The van der Waals surface area contributed by atoms with E-state index in [4.69, 9.17) is 0 Å². The van der Waals surface area contributed by atoms with Crippen LogP contribution >= 0.6 is 0 Å². The quantitative estimate of drug-likeness (QED) is 0.577. The fourth-order valence-corrected chi connectivity index (χ4v) is 2.35. The van der Waals surface area contributed by atoms with Crippen molar-refractivity contribution in [1.82, 2.24) is 9.97 Å². The molecule has 0 bridgehead atoms.